The summed E-state index contributed by atoms with van der Waals surface area (Å²) in [6.45, 7) is 8.48. The molecule has 3 heteroatoms. The third kappa shape index (κ3) is 3.24. The standard InChI is InChI=1S/C16H19NOS/c1-11-9-10-19-14(11)15(18)17-13-7-5-12(6-8-13)16(2,3)4/h5-10H,1-4H3,(H,17,18). The molecular weight excluding hydrogens is 254 g/mol. The Kier molecular flexibility index (Phi) is 3.76. The molecule has 1 aromatic heterocycles. The second-order valence-corrected chi connectivity index (χ2v) is 6.63. The average molecular weight is 273 g/mol. The maximum atomic E-state index is 12.1. The van der Waals surface area contributed by atoms with Crippen LogP contribution in [-0.4, -0.2) is 5.91 Å². The van der Waals surface area contributed by atoms with E-state index in [9.17, 15) is 4.79 Å². The molecule has 0 aliphatic carbocycles. The topological polar surface area (TPSA) is 29.1 Å². The minimum absolute atomic E-state index is 0.0315. The highest BCUT2D eigenvalue weighted by molar-refractivity contribution is 7.12. The third-order valence-corrected chi connectivity index (χ3v) is 4.09. The summed E-state index contributed by atoms with van der Waals surface area (Å²) >= 11 is 1.47. The van der Waals surface area contributed by atoms with Gasteiger partial charge in [-0.25, -0.2) is 0 Å². The van der Waals surface area contributed by atoms with Crippen LogP contribution in [0.5, 0.6) is 0 Å². The molecule has 0 saturated carbocycles. The van der Waals surface area contributed by atoms with Crippen molar-refractivity contribution in [3.8, 4) is 0 Å². The van der Waals surface area contributed by atoms with Crippen molar-refractivity contribution in [3.63, 3.8) is 0 Å². The molecule has 0 saturated heterocycles. The van der Waals surface area contributed by atoms with E-state index in [-0.39, 0.29) is 11.3 Å². The Hall–Kier alpha value is -1.61. The number of aryl methyl sites for hydroxylation is 1. The Morgan fingerprint density at radius 3 is 2.21 bits per heavy atom. The number of carbonyl (C=O) groups is 1. The van der Waals surface area contributed by atoms with Crippen LogP contribution in [0.25, 0.3) is 0 Å². The summed E-state index contributed by atoms with van der Waals surface area (Å²) in [5.41, 5.74) is 3.25. The first kappa shape index (κ1) is 13.8. The molecule has 1 heterocycles. The second-order valence-electron chi connectivity index (χ2n) is 5.71. The van der Waals surface area contributed by atoms with Gasteiger partial charge in [0, 0.05) is 5.69 Å². The predicted molar refractivity (Wildman–Crippen MR) is 82.2 cm³/mol. The zero-order chi connectivity index (χ0) is 14.0. The van der Waals surface area contributed by atoms with Gasteiger partial charge in [0.2, 0.25) is 0 Å². The van der Waals surface area contributed by atoms with Crippen LogP contribution in [0, 0.1) is 6.92 Å². The van der Waals surface area contributed by atoms with Gasteiger partial charge in [0.25, 0.3) is 5.91 Å². The molecule has 0 bridgehead atoms. The molecule has 19 heavy (non-hydrogen) atoms. The SMILES string of the molecule is Cc1ccsc1C(=O)Nc1ccc(C(C)(C)C)cc1. The van der Waals surface area contributed by atoms with Crippen LogP contribution in [0.1, 0.15) is 41.6 Å². The van der Waals surface area contributed by atoms with Crippen molar-refractivity contribution in [1.82, 2.24) is 0 Å². The molecule has 2 nitrogen and oxygen atoms in total. The summed E-state index contributed by atoms with van der Waals surface area (Å²) in [7, 11) is 0. The van der Waals surface area contributed by atoms with Gasteiger partial charge in [-0.2, -0.15) is 0 Å². The largest absolute Gasteiger partial charge is 0.321 e. The van der Waals surface area contributed by atoms with Crippen molar-refractivity contribution >= 4 is 22.9 Å². The van der Waals surface area contributed by atoms with E-state index in [4.69, 9.17) is 0 Å². The van der Waals surface area contributed by atoms with E-state index in [1.807, 2.05) is 30.5 Å². The van der Waals surface area contributed by atoms with Gasteiger partial charge in [-0.05, 0) is 47.0 Å². The number of thiophene rings is 1. The van der Waals surface area contributed by atoms with Gasteiger partial charge in [-0.1, -0.05) is 32.9 Å². The number of nitrogens with one attached hydrogen (secondary N) is 1. The highest BCUT2D eigenvalue weighted by Gasteiger charge is 2.14. The van der Waals surface area contributed by atoms with E-state index >= 15 is 0 Å². The molecule has 0 aliphatic rings. The average Bonchev–Trinajstić information content (AvgIpc) is 2.75. The third-order valence-electron chi connectivity index (χ3n) is 3.08. The van der Waals surface area contributed by atoms with Gasteiger partial charge in [0.05, 0.1) is 4.88 Å². The summed E-state index contributed by atoms with van der Waals surface area (Å²) in [5, 5.41) is 4.87. The first-order valence-electron chi connectivity index (χ1n) is 6.34. The molecule has 0 unspecified atom stereocenters. The van der Waals surface area contributed by atoms with Crippen molar-refractivity contribution in [1.29, 1.82) is 0 Å². The molecule has 0 atom stereocenters. The minimum atomic E-state index is -0.0315. The van der Waals surface area contributed by atoms with Crippen molar-refractivity contribution in [2.45, 2.75) is 33.1 Å². The number of anilines is 1. The van der Waals surface area contributed by atoms with Crippen LogP contribution < -0.4 is 5.32 Å². The predicted octanol–water partition coefficient (Wildman–Crippen LogP) is 4.61. The lowest BCUT2D eigenvalue weighted by atomic mass is 9.87. The van der Waals surface area contributed by atoms with E-state index in [2.05, 4.69) is 38.2 Å². The van der Waals surface area contributed by atoms with E-state index in [0.717, 1.165) is 16.1 Å². The fourth-order valence-corrected chi connectivity index (χ4v) is 2.67. The summed E-state index contributed by atoms with van der Waals surface area (Å²) < 4.78 is 0. The van der Waals surface area contributed by atoms with Gasteiger partial charge in [0.1, 0.15) is 0 Å². The monoisotopic (exact) mass is 273 g/mol. The zero-order valence-electron chi connectivity index (χ0n) is 11.8. The molecule has 0 spiro atoms. The first-order valence-corrected chi connectivity index (χ1v) is 7.22. The Labute approximate surface area is 118 Å². The molecule has 1 aromatic carbocycles. The number of hydrogen-bond acceptors (Lipinski definition) is 2. The fourth-order valence-electron chi connectivity index (χ4n) is 1.85. The highest BCUT2D eigenvalue weighted by Crippen LogP contribution is 2.24. The fraction of sp³-hybridized carbons (Fsp3) is 0.312. The van der Waals surface area contributed by atoms with Crippen LogP contribution in [0.2, 0.25) is 0 Å². The van der Waals surface area contributed by atoms with Crippen LogP contribution in [-0.2, 0) is 5.41 Å². The van der Waals surface area contributed by atoms with Crippen molar-refractivity contribution in [3.05, 3.63) is 51.7 Å². The van der Waals surface area contributed by atoms with Gasteiger partial charge < -0.3 is 5.32 Å². The molecule has 2 rings (SSSR count). The Bertz CT molecular complexity index is 576. The summed E-state index contributed by atoms with van der Waals surface area (Å²) in [6, 6.07) is 10.0. The van der Waals surface area contributed by atoms with Crippen LogP contribution >= 0.6 is 11.3 Å². The van der Waals surface area contributed by atoms with Gasteiger partial charge >= 0.3 is 0 Å². The van der Waals surface area contributed by atoms with Crippen molar-refractivity contribution < 1.29 is 4.79 Å². The molecule has 2 aromatic rings. The first-order chi connectivity index (χ1) is 8.88. The molecular formula is C16H19NOS. The van der Waals surface area contributed by atoms with E-state index in [1.165, 1.54) is 16.9 Å². The van der Waals surface area contributed by atoms with Crippen LogP contribution in [0.4, 0.5) is 5.69 Å². The number of amides is 1. The number of benzene rings is 1. The number of rotatable bonds is 2. The lowest BCUT2D eigenvalue weighted by Gasteiger charge is -2.19. The molecule has 100 valence electrons. The normalized spacial score (nSPS) is 11.4. The Morgan fingerprint density at radius 2 is 1.74 bits per heavy atom. The van der Waals surface area contributed by atoms with Gasteiger partial charge in [0.15, 0.2) is 0 Å². The minimum Gasteiger partial charge on any atom is -0.321 e. The number of carbonyl (C=O) groups excluding carboxylic acids is 1. The van der Waals surface area contributed by atoms with E-state index < -0.39 is 0 Å². The lowest BCUT2D eigenvalue weighted by molar-refractivity contribution is 0.103. The smallest absolute Gasteiger partial charge is 0.265 e. The molecule has 0 aliphatic heterocycles. The summed E-state index contributed by atoms with van der Waals surface area (Å²) in [5.74, 6) is -0.0315. The second kappa shape index (κ2) is 5.17. The molecule has 0 fully saturated rings. The van der Waals surface area contributed by atoms with Gasteiger partial charge in [-0.15, -0.1) is 11.3 Å². The maximum Gasteiger partial charge on any atom is 0.265 e. The van der Waals surface area contributed by atoms with Gasteiger partial charge in [-0.3, -0.25) is 4.79 Å². The quantitative estimate of drug-likeness (QED) is 0.850. The lowest BCUT2D eigenvalue weighted by Crippen LogP contribution is -2.13. The highest BCUT2D eigenvalue weighted by atomic mass is 32.1. The summed E-state index contributed by atoms with van der Waals surface area (Å²) in [4.78, 5) is 12.9. The molecule has 1 amide bonds. The van der Waals surface area contributed by atoms with Crippen molar-refractivity contribution in [2.75, 3.05) is 5.32 Å². The Balaban J connectivity index is 2.12. The zero-order valence-corrected chi connectivity index (χ0v) is 12.6. The summed E-state index contributed by atoms with van der Waals surface area (Å²) in [6.07, 6.45) is 0. The van der Waals surface area contributed by atoms with Crippen LogP contribution in [0.15, 0.2) is 35.7 Å². The van der Waals surface area contributed by atoms with Crippen molar-refractivity contribution in [2.24, 2.45) is 0 Å². The molecule has 1 N–H and O–H groups in total. The molecule has 0 radical (unpaired) electrons. The number of hydrogen-bond donors (Lipinski definition) is 1. The maximum absolute atomic E-state index is 12.1. The van der Waals surface area contributed by atoms with Crippen LogP contribution in [0.3, 0.4) is 0 Å². The van der Waals surface area contributed by atoms with E-state index in [1.54, 1.807) is 0 Å². The van der Waals surface area contributed by atoms with E-state index in [0.29, 0.717) is 0 Å². The Morgan fingerprint density at radius 1 is 1.11 bits per heavy atom.